The zero-order valence-corrected chi connectivity index (χ0v) is 13.9. The molecule has 0 spiro atoms. The molecular weight excluding hydrogens is 278 g/mol. The minimum Gasteiger partial charge on any atom is -0.365 e. The lowest BCUT2D eigenvalue weighted by Gasteiger charge is -2.20. The number of hydrogen-bond donors (Lipinski definition) is 1. The Morgan fingerprint density at radius 3 is 2.77 bits per heavy atom. The van der Waals surface area contributed by atoms with Crippen molar-refractivity contribution in [2.45, 2.75) is 77.5 Å². The van der Waals surface area contributed by atoms with Crippen LogP contribution in [0, 0.1) is 6.92 Å². The average molecular weight is 307 g/mol. The minimum absolute atomic E-state index is 0.000827. The zero-order valence-electron chi connectivity index (χ0n) is 13.9. The number of aryl methyl sites for hydroxylation is 2. The summed E-state index contributed by atoms with van der Waals surface area (Å²) in [5.74, 6) is 0.000827. The number of carbonyl (C=O) groups excluding carboxylic acids is 1. The highest BCUT2D eigenvalue weighted by atomic mass is 16.5. The standard InChI is InChI=1S/C17H29N3O2/c1-14-12-19-20(13-14)11-7-10-18-17(21)15(2)22-16-8-5-3-4-6-9-16/h12-13,15-16H,3-11H2,1-2H3,(H,18,21). The molecule has 1 aromatic rings. The van der Waals surface area contributed by atoms with Gasteiger partial charge in [-0.25, -0.2) is 0 Å². The topological polar surface area (TPSA) is 56.2 Å². The molecule has 0 bridgehead atoms. The predicted octanol–water partition coefficient (Wildman–Crippen LogP) is 2.83. The predicted molar refractivity (Wildman–Crippen MR) is 86.6 cm³/mol. The van der Waals surface area contributed by atoms with E-state index in [-0.39, 0.29) is 18.1 Å². The van der Waals surface area contributed by atoms with E-state index >= 15 is 0 Å². The van der Waals surface area contributed by atoms with Crippen LogP contribution >= 0.6 is 0 Å². The quantitative estimate of drug-likeness (QED) is 0.622. The second-order valence-corrected chi connectivity index (χ2v) is 6.32. The molecule has 1 N–H and O–H groups in total. The van der Waals surface area contributed by atoms with Gasteiger partial charge in [0.15, 0.2) is 0 Å². The largest absolute Gasteiger partial charge is 0.365 e. The second-order valence-electron chi connectivity index (χ2n) is 6.32. The first-order chi connectivity index (χ1) is 10.6. The van der Waals surface area contributed by atoms with Crippen molar-refractivity contribution in [2.75, 3.05) is 6.54 Å². The number of aromatic nitrogens is 2. The maximum absolute atomic E-state index is 12.1. The van der Waals surface area contributed by atoms with Gasteiger partial charge in [0.1, 0.15) is 6.10 Å². The lowest BCUT2D eigenvalue weighted by molar-refractivity contribution is -0.135. The number of amides is 1. The molecule has 1 fully saturated rings. The SMILES string of the molecule is Cc1cnn(CCCNC(=O)C(C)OC2CCCCCC2)c1. The van der Waals surface area contributed by atoms with Gasteiger partial charge in [0.05, 0.1) is 12.3 Å². The Bertz CT molecular complexity index is 451. The molecule has 124 valence electrons. The molecule has 0 aliphatic heterocycles. The first-order valence-electron chi connectivity index (χ1n) is 8.57. The van der Waals surface area contributed by atoms with Gasteiger partial charge in [0.2, 0.25) is 5.91 Å². The molecule has 1 unspecified atom stereocenters. The van der Waals surface area contributed by atoms with E-state index in [0.29, 0.717) is 6.54 Å². The van der Waals surface area contributed by atoms with Crippen LogP contribution in [-0.2, 0) is 16.1 Å². The summed E-state index contributed by atoms with van der Waals surface area (Å²) in [7, 11) is 0. The van der Waals surface area contributed by atoms with Crippen LogP contribution in [0.15, 0.2) is 12.4 Å². The number of hydrogen-bond acceptors (Lipinski definition) is 3. The molecule has 5 nitrogen and oxygen atoms in total. The molecule has 1 aliphatic rings. The zero-order chi connectivity index (χ0) is 15.8. The van der Waals surface area contributed by atoms with Gasteiger partial charge in [0, 0.05) is 19.3 Å². The Hall–Kier alpha value is -1.36. The summed E-state index contributed by atoms with van der Waals surface area (Å²) in [6, 6.07) is 0. The fraction of sp³-hybridized carbons (Fsp3) is 0.765. The van der Waals surface area contributed by atoms with Gasteiger partial charge < -0.3 is 10.1 Å². The molecule has 1 saturated carbocycles. The van der Waals surface area contributed by atoms with Crippen molar-refractivity contribution < 1.29 is 9.53 Å². The van der Waals surface area contributed by atoms with Crippen LogP contribution in [0.3, 0.4) is 0 Å². The molecule has 22 heavy (non-hydrogen) atoms. The van der Waals surface area contributed by atoms with Crippen molar-refractivity contribution in [2.24, 2.45) is 0 Å². The van der Waals surface area contributed by atoms with E-state index in [4.69, 9.17) is 4.74 Å². The van der Waals surface area contributed by atoms with E-state index in [1.165, 1.54) is 25.7 Å². The molecule has 2 rings (SSSR count). The second kappa shape index (κ2) is 8.93. The van der Waals surface area contributed by atoms with Crippen LogP contribution < -0.4 is 5.32 Å². The molecule has 0 radical (unpaired) electrons. The molecule has 0 aromatic carbocycles. The molecule has 1 atom stereocenters. The van der Waals surface area contributed by atoms with Crippen molar-refractivity contribution in [3.63, 3.8) is 0 Å². The molecule has 1 amide bonds. The van der Waals surface area contributed by atoms with Crippen LogP contribution in [0.1, 0.15) is 57.4 Å². The van der Waals surface area contributed by atoms with E-state index in [2.05, 4.69) is 10.4 Å². The third kappa shape index (κ3) is 5.79. The number of ether oxygens (including phenoxy) is 1. The van der Waals surface area contributed by atoms with Crippen LogP contribution in [0.2, 0.25) is 0 Å². The first-order valence-corrected chi connectivity index (χ1v) is 8.57. The first kappa shape index (κ1) is 17.0. The summed E-state index contributed by atoms with van der Waals surface area (Å²) in [5.41, 5.74) is 1.16. The molecule has 1 aliphatic carbocycles. The minimum atomic E-state index is -0.352. The van der Waals surface area contributed by atoms with Crippen molar-refractivity contribution >= 4 is 5.91 Å². The van der Waals surface area contributed by atoms with Gasteiger partial charge >= 0.3 is 0 Å². The Balaban J connectivity index is 1.61. The number of rotatable bonds is 7. The van der Waals surface area contributed by atoms with E-state index in [0.717, 1.165) is 31.4 Å². The van der Waals surface area contributed by atoms with E-state index in [9.17, 15) is 4.79 Å². The normalized spacial score (nSPS) is 17.9. The van der Waals surface area contributed by atoms with Crippen LogP contribution in [-0.4, -0.2) is 34.4 Å². The summed E-state index contributed by atoms with van der Waals surface area (Å²) < 4.78 is 7.83. The summed E-state index contributed by atoms with van der Waals surface area (Å²) in [4.78, 5) is 12.1. The van der Waals surface area contributed by atoms with Crippen molar-refractivity contribution in [1.29, 1.82) is 0 Å². The summed E-state index contributed by atoms with van der Waals surface area (Å²) >= 11 is 0. The Labute approximate surface area is 133 Å². The summed E-state index contributed by atoms with van der Waals surface area (Å²) in [6.07, 6.45) is 11.9. The van der Waals surface area contributed by atoms with E-state index < -0.39 is 0 Å². The van der Waals surface area contributed by atoms with Gasteiger partial charge in [-0.2, -0.15) is 5.10 Å². The maximum atomic E-state index is 12.1. The third-order valence-electron chi connectivity index (χ3n) is 4.19. The van der Waals surface area contributed by atoms with Crippen molar-refractivity contribution in [1.82, 2.24) is 15.1 Å². The molecule has 1 aromatic heterocycles. The molecule has 5 heteroatoms. The lowest BCUT2D eigenvalue weighted by Crippen LogP contribution is -2.37. The molecule has 0 saturated heterocycles. The summed E-state index contributed by atoms with van der Waals surface area (Å²) in [5, 5.41) is 7.19. The fourth-order valence-electron chi connectivity index (χ4n) is 2.91. The average Bonchev–Trinajstić information content (AvgIpc) is 2.74. The van der Waals surface area contributed by atoms with Crippen LogP contribution in [0.25, 0.3) is 0 Å². The Morgan fingerprint density at radius 2 is 2.14 bits per heavy atom. The van der Waals surface area contributed by atoms with Gasteiger partial charge in [-0.15, -0.1) is 0 Å². The summed E-state index contributed by atoms with van der Waals surface area (Å²) in [6.45, 7) is 5.37. The lowest BCUT2D eigenvalue weighted by atomic mass is 10.1. The maximum Gasteiger partial charge on any atom is 0.248 e. The van der Waals surface area contributed by atoms with Gasteiger partial charge in [0.25, 0.3) is 0 Å². The van der Waals surface area contributed by atoms with Crippen LogP contribution in [0.4, 0.5) is 0 Å². The van der Waals surface area contributed by atoms with Crippen LogP contribution in [0.5, 0.6) is 0 Å². The third-order valence-corrected chi connectivity index (χ3v) is 4.19. The highest BCUT2D eigenvalue weighted by molar-refractivity contribution is 5.80. The number of carbonyl (C=O) groups is 1. The molecular formula is C17H29N3O2. The van der Waals surface area contributed by atoms with E-state index in [1.54, 1.807) is 0 Å². The van der Waals surface area contributed by atoms with Crippen molar-refractivity contribution in [3.8, 4) is 0 Å². The Kier molecular flexibility index (Phi) is 6.90. The monoisotopic (exact) mass is 307 g/mol. The fourth-order valence-corrected chi connectivity index (χ4v) is 2.91. The number of nitrogens with one attached hydrogen (secondary N) is 1. The van der Waals surface area contributed by atoms with Gasteiger partial charge in [-0.05, 0) is 38.7 Å². The smallest absolute Gasteiger partial charge is 0.248 e. The van der Waals surface area contributed by atoms with Crippen molar-refractivity contribution in [3.05, 3.63) is 18.0 Å². The highest BCUT2D eigenvalue weighted by Gasteiger charge is 2.20. The highest BCUT2D eigenvalue weighted by Crippen LogP contribution is 2.20. The molecule has 1 heterocycles. The number of nitrogens with zero attached hydrogens (tertiary/aromatic N) is 2. The Morgan fingerprint density at radius 1 is 1.41 bits per heavy atom. The van der Waals surface area contributed by atoms with Gasteiger partial charge in [-0.3, -0.25) is 9.48 Å². The van der Waals surface area contributed by atoms with E-state index in [1.807, 2.05) is 30.9 Å². The van der Waals surface area contributed by atoms with Gasteiger partial charge in [-0.1, -0.05) is 25.7 Å².